The van der Waals surface area contributed by atoms with Crippen LogP contribution in [0.1, 0.15) is 10.4 Å². The number of rotatable bonds is 2. The number of carbonyl (C=O) groups is 1. The molecule has 92 valence electrons. The summed E-state index contributed by atoms with van der Waals surface area (Å²) in [5.41, 5.74) is 0.887. The lowest BCUT2D eigenvalue weighted by Crippen LogP contribution is -2.13. The average Bonchev–Trinajstić information content (AvgIpc) is 2.35. The number of hydrogen-bond donors (Lipinski definition) is 1. The van der Waals surface area contributed by atoms with E-state index in [4.69, 9.17) is 23.2 Å². The molecule has 0 unspecified atom stereocenters. The number of nitrogens with zero attached hydrogens (tertiary/aromatic N) is 1. The van der Waals surface area contributed by atoms with Gasteiger partial charge in [-0.2, -0.15) is 0 Å². The third-order valence-electron chi connectivity index (χ3n) is 2.20. The molecule has 2 aromatic rings. The van der Waals surface area contributed by atoms with Crippen LogP contribution in [-0.4, -0.2) is 10.9 Å². The molecule has 1 aromatic carbocycles. The van der Waals surface area contributed by atoms with E-state index in [0.717, 1.165) is 0 Å². The fourth-order valence-corrected chi connectivity index (χ4v) is 2.12. The second-order valence-corrected chi connectivity index (χ2v) is 4.93. The smallest absolute Gasteiger partial charge is 0.258 e. The van der Waals surface area contributed by atoms with Crippen molar-refractivity contribution in [2.24, 2.45) is 0 Å². The number of benzene rings is 1. The topological polar surface area (TPSA) is 42.0 Å². The van der Waals surface area contributed by atoms with Crippen LogP contribution in [0.15, 0.2) is 41.1 Å². The quantitative estimate of drug-likeness (QED) is 0.819. The standard InChI is InChI=1S/C12H7BrCl2N2O/c13-11-7(3-2-6-16-11)12(18)17-9-5-1-4-8(14)10(9)15/h1-6H,(H,17,18). The molecule has 0 fully saturated rings. The first-order valence-corrected chi connectivity index (χ1v) is 6.50. The maximum absolute atomic E-state index is 12.0. The van der Waals surface area contributed by atoms with Gasteiger partial charge in [-0.25, -0.2) is 4.98 Å². The highest BCUT2D eigenvalue weighted by molar-refractivity contribution is 9.10. The molecule has 2 rings (SSSR count). The fraction of sp³-hybridized carbons (Fsp3) is 0. The molecule has 0 aliphatic carbocycles. The summed E-state index contributed by atoms with van der Waals surface area (Å²) in [5, 5.41) is 3.38. The van der Waals surface area contributed by atoms with Crippen molar-refractivity contribution >= 4 is 50.7 Å². The summed E-state index contributed by atoms with van der Waals surface area (Å²) in [5.74, 6) is -0.306. The highest BCUT2D eigenvalue weighted by Gasteiger charge is 2.13. The average molecular weight is 346 g/mol. The molecular formula is C12H7BrCl2N2O. The minimum atomic E-state index is -0.306. The molecule has 1 amide bonds. The van der Waals surface area contributed by atoms with Gasteiger partial charge in [-0.1, -0.05) is 29.3 Å². The zero-order chi connectivity index (χ0) is 13.1. The lowest BCUT2D eigenvalue weighted by Gasteiger charge is -2.08. The highest BCUT2D eigenvalue weighted by Crippen LogP contribution is 2.30. The first-order chi connectivity index (χ1) is 8.59. The molecule has 0 saturated carbocycles. The van der Waals surface area contributed by atoms with E-state index < -0.39 is 0 Å². The molecular weight excluding hydrogens is 339 g/mol. The van der Waals surface area contributed by atoms with Crippen molar-refractivity contribution in [2.45, 2.75) is 0 Å². The minimum absolute atomic E-state index is 0.306. The van der Waals surface area contributed by atoms with Crippen molar-refractivity contribution in [3.8, 4) is 0 Å². The number of halogens is 3. The largest absolute Gasteiger partial charge is 0.320 e. The first-order valence-electron chi connectivity index (χ1n) is 4.95. The number of nitrogens with one attached hydrogen (secondary N) is 1. The van der Waals surface area contributed by atoms with Crippen molar-refractivity contribution in [3.63, 3.8) is 0 Å². The van der Waals surface area contributed by atoms with Gasteiger partial charge in [-0.3, -0.25) is 4.79 Å². The molecule has 1 heterocycles. The molecule has 1 aromatic heterocycles. The number of carbonyl (C=O) groups excluding carboxylic acids is 1. The molecule has 0 aliphatic heterocycles. The Morgan fingerprint density at radius 1 is 1.22 bits per heavy atom. The van der Waals surface area contributed by atoms with Crippen molar-refractivity contribution in [1.82, 2.24) is 4.98 Å². The second kappa shape index (κ2) is 5.69. The summed E-state index contributed by atoms with van der Waals surface area (Å²) < 4.78 is 0.473. The van der Waals surface area contributed by atoms with Crippen LogP contribution < -0.4 is 5.32 Å². The van der Waals surface area contributed by atoms with Crippen molar-refractivity contribution in [1.29, 1.82) is 0 Å². The van der Waals surface area contributed by atoms with E-state index in [9.17, 15) is 4.79 Å². The summed E-state index contributed by atoms with van der Waals surface area (Å²) in [7, 11) is 0. The summed E-state index contributed by atoms with van der Waals surface area (Å²) >= 11 is 15.1. The molecule has 0 radical (unpaired) electrons. The van der Waals surface area contributed by atoms with Gasteiger partial charge in [-0.15, -0.1) is 0 Å². The van der Waals surface area contributed by atoms with Gasteiger partial charge in [-0.05, 0) is 40.2 Å². The van der Waals surface area contributed by atoms with E-state index in [1.165, 1.54) is 0 Å². The predicted octanol–water partition coefficient (Wildman–Crippen LogP) is 4.40. The zero-order valence-corrected chi connectivity index (χ0v) is 12.1. The van der Waals surface area contributed by atoms with E-state index in [1.807, 2.05) is 0 Å². The van der Waals surface area contributed by atoms with Gasteiger partial charge < -0.3 is 5.32 Å². The Balaban J connectivity index is 2.27. The lowest BCUT2D eigenvalue weighted by atomic mass is 10.2. The Hall–Kier alpha value is -1.10. The minimum Gasteiger partial charge on any atom is -0.320 e. The summed E-state index contributed by atoms with van der Waals surface area (Å²) in [6.07, 6.45) is 1.59. The summed E-state index contributed by atoms with van der Waals surface area (Å²) in [4.78, 5) is 16.0. The van der Waals surface area contributed by atoms with Crippen LogP contribution in [-0.2, 0) is 0 Å². The lowest BCUT2D eigenvalue weighted by molar-refractivity contribution is 0.102. The Kier molecular flexibility index (Phi) is 4.22. The maximum Gasteiger partial charge on any atom is 0.258 e. The van der Waals surface area contributed by atoms with Gasteiger partial charge in [0, 0.05) is 6.20 Å². The van der Waals surface area contributed by atoms with Gasteiger partial charge in [0.1, 0.15) is 4.60 Å². The number of amides is 1. The first kappa shape index (κ1) is 13.3. The third kappa shape index (κ3) is 2.83. The van der Waals surface area contributed by atoms with E-state index in [-0.39, 0.29) is 5.91 Å². The van der Waals surface area contributed by atoms with E-state index >= 15 is 0 Å². The van der Waals surface area contributed by atoms with Crippen molar-refractivity contribution < 1.29 is 4.79 Å². The van der Waals surface area contributed by atoms with Crippen LogP contribution in [0.3, 0.4) is 0 Å². The van der Waals surface area contributed by atoms with Crippen LogP contribution in [0.25, 0.3) is 0 Å². The van der Waals surface area contributed by atoms with Gasteiger partial charge >= 0.3 is 0 Å². The van der Waals surface area contributed by atoms with Crippen LogP contribution in [0.2, 0.25) is 10.0 Å². The molecule has 0 bridgehead atoms. The molecule has 3 nitrogen and oxygen atoms in total. The van der Waals surface area contributed by atoms with Crippen LogP contribution in [0, 0.1) is 0 Å². The van der Waals surface area contributed by atoms with Crippen molar-refractivity contribution in [3.05, 3.63) is 56.7 Å². The highest BCUT2D eigenvalue weighted by atomic mass is 79.9. The van der Waals surface area contributed by atoms with Gasteiger partial charge in [0.2, 0.25) is 0 Å². The van der Waals surface area contributed by atoms with Gasteiger partial charge in [0.25, 0.3) is 5.91 Å². The third-order valence-corrected chi connectivity index (χ3v) is 3.65. The molecule has 0 spiro atoms. The van der Waals surface area contributed by atoms with Gasteiger partial charge in [0.05, 0.1) is 21.3 Å². The number of pyridine rings is 1. The second-order valence-electron chi connectivity index (χ2n) is 3.40. The monoisotopic (exact) mass is 344 g/mol. The van der Waals surface area contributed by atoms with Crippen LogP contribution in [0.5, 0.6) is 0 Å². The Morgan fingerprint density at radius 3 is 2.72 bits per heavy atom. The van der Waals surface area contributed by atoms with Crippen LogP contribution in [0.4, 0.5) is 5.69 Å². The molecule has 6 heteroatoms. The van der Waals surface area contributed by atoms with E-state index in [1.54, 1.807) is 36.5 Å². The van der Waals surface area contributed by atoms with E-state index in [0.29, 0.717) is 25.9 Å². The number of hydrogen-bond acceptors (Lipinski definition) is 2. The van der Waals surface area contributed by atoms with Gasteiger partial charge in [0.15, 0.2) is 0 Å². The zero-order valence-electron chi connectivity index (χ0n) is 8.95. The van der Waals surface area contributed by atoms with E-state index in [2.05, 4.69) is 26.2 Å². The maximum atomic E-state index is 12.0. The normalized spacial score (nSPS) is 10.2. The predicted molar refractivity (Wildman–Crippen MR) is 76.4 cm³/mol. The molecule has 0 saturated heterocycles. The fourth-order valence-electron chi connectivity index (χ4n) is 1.35. The molecule has 1 N–H and O–H groups in total. The molecule has 0 atom stereocenters. The van der Waals surface area contributed by atoms with Crippen molar-refractivity contribution in [2.75, 3.05) is 5.32 Å². The Labute approximate surface area is 122 Å². The Bertz CT molecular complexity index is 604. The SMILES string of the molecule is O=C(Nc1cccc(Cl)c1Cl)c1cccnc1Br. The van der Waals surface area contributed by atoms with Crippen LogP contribution >= 0.6 is 39.1 Å². The molecule has 0 aliphatic rings. The summed E-state index contributed by atoms with van der Waals surface area (Å²) in [6, 6.07) is 8.38. The number of aromatic nitrogens is 1. The summed E-state index contributed by atoms with van der Waals surface area (Å²) in [6.45, 7) is 0. The Morgan fingerprint density at radius 2 is 2.00 bits per heavy atom. The molecule has 18 heavy (non-hydrogen) atoms. The number of anilines is 1.